The number of hydrogen-bond acceptors (Lipinski definition) is 2. The molecule has 0 aromatic heterocycles. The van der Waals surface area contributed by atoms with Gasteiger partial charge in [0.05, 0.1) is 5.02 Å². The van der Waals surface area contributed by atoms with E-state index < -0.39 is 12.5 Å². The summed E-state index contributed by atoms with van der Waals surface area (Å²) in [6, 6.07) is 2.78. The van der Waals surface area contributed by atoms with Crippen LogP contribution in [0.25, 0.3) is 0 Å². The molecule has 2 atom stereocenters. The minimum Gasteiger partial charge on any atom is -0.490 e. The van der Waals surface area contributed by atoms with Crippen LogP contribution in [0.3, 0.4) is 0 Å². The van der Waals surface area contributed by atoms with Crippen molar-refractivity contribution in [3.8, 4) is 5.75 Å². The van der Waals surface area contributed by atoms with Gasteiger partial charge in [-0.05, 0) is 36.4 Å². The summed E-state index contributed by atoms with van der Waals surface area (Å²) < 4.78 is 30.6. The highest BCUT2D eigenvalue weighted by atomic mass is 35.5. The summed E-state index contributed by atoms with van der Waals surface area (Å²) in [4.78, 5) is 0. The molecule has 2 rings (SSSR count). The summed E-state index contributed by atoms with van der Waals surface area (Å²) in [5.74, 6) is 0.483. The summed E-state index contributed by atoms with van der Waals surface area (Å²) in [6.07, 6.45) is 0.949. The minimum absolute atomic E-state index is 0. The maximum atomic E-state index is 13.3. The molecule has 0 spiro atoms. The molecule has 0 aliphatic heterocycles. The quantitative estimate of drug-likeness (QED) is 0.905. The smallest absolute Gasteiger partial charge is 0.145 e. The van der Waals surface area contributed by atoms with Crippen LogP contribution in [0.1, 0.15) is 17.9 Å². The second-order valence-corrected chi connectivity index (χ2v) is 4.59. The molecule has 0 bridgehead atoms. The maximum absolute atomic E-state index is 13.3. The van der Waals surface area contributed by atoms with Gasteiger partial charge in [0, 0.05) is 6.07 Å². The Morgan fingerprint density at radius 1 is 1.44 bits per heavy atom. The highest BCUT2D eigenvalue weighted by Crippen LogP contribution is 2.50. The Kier molecular flexibility index (Phi) is 5.63. The normalized spacial score (nSPS) is 21.3. The molecule has 1 aromatic carbocycles. The Hall–Kier alpha value is -0.580. The number of hydrogen-bond donors (Lipinski definition) is 1. The van der Waals surface area contributed by atoms with Crippen LogP contribution < -0.4 is 10.5 Å². The number of halogens is 4. The Bertz CT molecular complexity index is 417. The number of ether oxygens (including phenoxy) is 1. The fourth-order valence-electron chi connectivity index (χ4n) is 2.00. The van der Waals surface area contributed by atoms with E-state index in [0.29, 0.717) is 18.2 Å². The van der Waals surface area contributed by atoms with Gasteiger partial charge in [0.1, 0.15) is 24.8 Å². The molecule has 2 unspecified atom stereocenters. The Morgan fingerprint density at radius 3 is 2.72 bits per heavy atom. The predicted molar refractivity (Wildman–Crippen MR) is 70.0 cm³/mol. The average molecular weight is 298 g/mol. The van der Waals surface area contributed by atoms with Crippen LogP contribution in [0, 0.1) is 11.7 Å². The monoisotopic (exact) mass is 297 g/mol. The molecule has 1 saturated carbocycles. The standard InChI is InChI=1S/C12H14ClF2NO.ClH/c13-10-4-9(8-3-7(8)6-16)12(5-11(10)15)17-2-1-14;/h4-5,7-8H,1-3,6,16H2;1H. The van der Waals surface area contributed by atoms with Crippen molar-refractivity contribution in [3.63, 3.8) is 0 Å². The minimum atomic E-state index is -0.603. The van der Waals surface area contributed by atoms with Crippen LogP contribution in [0.15, 0.2) is 12.1 Å². The number of alkyl halides is 1. The number of benzene rings is 1. The van der Waals surface area contributed by atoms with Crippen molar-refractivity contribution in [2.45, 2.75) is 12.3 Å². The second kappa shape index (κ2) is 6.55. The van der Waals surface area contributed by atoms with Crippen LogP contribution in [0.5, 0.6) is 5.75 Å². The van der Waals surface area contributed by atoms with Gasteiger partial charge in [-0.2, -0.15) is 0 Å². The third kappa shape index (κ3) is 3.25. The summed E-state index contributed by atoms with van der Waals surface area (Å²) >= 11 is 5.75. The number of rotatable bonds is 5. The van der Waals surface area contributed by atoms with Gasteiger partial charge < -0.3 is 10.5 Å². The van der Waals surface area contributed by atoms with Crippen LogP contribution in [-0.4, -0.2) is 19.8 Å². The molecule has 0 radical (unpaired) electrons. The fourth-order valence-corrected chi connectivity index (χ4v) is 2.17. The maximum Gasteiger partial charge on any atom is 0.145 e. The molecular formula is C12H15Cl2F2NO. The highest BCUT2D eigenvalue weighted by molar-refractivity contribution is 6.30. The van der Waals surface area contributed by atoms with Gasteiger partial charge in [-0.15, -0.1) is 12.4 Å². The van der Waals surface area contributed by atoms with E-state index in [4.69, 9.17) is 22.1 Å². The largest absolute Gasteiger partial charge is 0.490 e. The molecule has 1 fully saturated rings. The molecule has 1 aliphatic carbocycles. The van der Waals surface area contributed by atoms with Crippen molar-refractivity contribution in [1.29, 1.82) is 0 Å². The van der Waals surface area contributed by atoms with Gasteiger partial charge in [-0.1, -0.05) is 11.6 Å². The van der Waals surface area contributed by atoms with Gasteiger partial charge in [-0.25, -0.2) is 8.78 Å². The zero-order chi connectivity index (χ0) is 12.4. The molecule has 1 aliphatic rings. The van der Waals surface area contributed by atoms with Crippen molar-refractivity contribution in [1.82, 2.24) is 0 Å². The van der Waals surface area contributed by atoms with Gasteiger partial charge >= 0.3 is 0 Å². The van der Waals surface area contributed by atoms with Crippen molar-refractivity contribution in [2.24, 2.45) is 11.7 Å². The van der Waals surface area contributed by atoms with Crippen molar-refractivity contribution < 1.29 is 13.5 Å². The van der Waals surface area contributed by atoms with E-state index in [1.165, 1.54) is 6.07 Å². The van der Waals surface area contributed by atoms with Gasteiger partial charge in [-0.3, -0.25) is 0 Å². The Labute approximate surface area is 116 Å². The summed E-state index contributed by atoms with van der Waals surface area (Å²) in [6.45, 7) is -0.0923. The number of nitrogens with two attached hydrogens (primary N) is 1. The summed E-state index contributed by atoms with van der Waals surface area (Å²) in [5.41, 5.74) is 6.41. The molecular weight excluding hydrogens is 283 g/mol. The van der Waals surface area contributed by atoms with Crippen LogP contribution in [0.2, 0.25) is 5.02 Å². The van der Waals surface area contributed by atoms with E-state index in [-0.39, 0.29) is 30.0 Å². The van der Waals surface area contributed by atoms with Crippen molar-refractivity contribution in [3.05, 3.63) is 28.5 Å². The predicted octanol–water partition coefficient (Wildman–Crippen LogP) is 3.31. The molecule has 0 amide bonds. The summed E-state index contributed by atoms with van der Waals surface area (Å²) in [5, 5.41) is 0.0651. The first-order valence-electron chi connectivity index (χ1n) is 5.55. The van der Waals surface area contributed by atoms with Gasteiger partial charge in [0.25, 0.3) is 0 Å². The van der Waals surface area contributed by atoms with E-state index in [1.807, 2.05) is 0 Å². The SMILES string of the molecule is Cl.NCC1CC1c1cc(Cl)c(F)cc1OCCF. The van der Waals surface area contributed by atoms with E-state index in [2.05, 4.69) is 0 Å². The molecule has 18 heavy (non-hydrogen) atoms. The van der Waals surface area contributed by atoms with Crippen molar-refractivity contribution >= 4 is 24.0 Å². The molecule has 102 valence electrons. The lowest BCUT2D eigenvalue weighted by Gasteiger charge is -2.11. The zero-order valence-electron chi connectivity index (χ0n) is 9.67. The first-order valence-corrected chi connectivity index (χ1v) is 5.93. The molecule has 2 N–H and O–H groups in total. The highest BCUT2D eigenvalue weighted by Gasteiger charge is 2.39. The van der Waals surface area contributed by atoms with Gasteiger partial charge in [0.15, 0.2) is 0 Å². The molecule has 0 heterocycles. The summed E-state index contributed by atoms with van der Waals surface area (Å²) in [7, 11) is 0. The first kappa shape index (κ1) is 15.5. The Balaban J connectivity index is 0.00000162. The third-order valence-corrected chi connectivity index (χ3v) is 3.30. The molecule has 1 aromatic rings. The van der Waals surface area contributed by atoms with E-state index in [0.717, 1.165) is 12.0 Å². The zero-order valence-corrected chi connectivity index (χ0v) is 11.2. The van der Waals surface area contributed by atoms with E-state index in [9.17, 15) is 8.78 Å². The fraction of sp³-hybridized carbons (Fsp3) is 0.500. The van der Waals surface area contributed by atoms with Gasteiger partial charge in [0.2, 0.25) is 0 Å². The molecule has 2 nitrogen and oxygen atoms in total. The average Bonchev–Trinajstić information content (AvgIpc) is 3.09. The molecule has 0 saturated heterocycles. The lowest BCUT2D eigenvalue weighted by molar-refractivity contribution is 0.270. The van der Waals surface area contributed by atoms with E-state index in [1.54, 1.807) is 6.07 Å². The lowest BCUT2D eigenvalue weighted by atomic mass is 10.1. The lowest BCUT2D eigenvalue weighted by Crippen LogP contribution is -2.05. The third-order valence-electron chi connectivity index (χ3n) is 3.01. The van der Waals surface area contributed by atoms with Crippen LogP contribution in [0.4, 0.5) is 8.78 Å². The van der Waals surface area contributed by atoms with E-state index >= 15 is 0 Å². The van der Waals surface area contributed by atoms with Crippen LogP contribution >= 0.6 is 24.0 Å². The first-order chi connectivity index (χ1) is 8.17. The Morgan fingerprint density at radius 2 is 2.17 bits per heavy atom. The molecule has 6 heteroatoms. The van der Waals surface area contributed by atoms with Crippen molar-refractivity contribution in [2.75, 3.05) is 19.8 Å². The van der Waals surface area contributed by atoms with Crippen LogP contribution in [-0.2, 0) is 0 Å². The topological polar surface area (TPSA) is 35.2 Å². The second-order valence-electron chi connectivity index (χ2n) is 4.18.